The van der Waals surface area contributed by atoms with E-state index < -0.39 is 29.7 Å². The van der Waals surface area contributed by atoms with Crippen molar-refractivity contribution in [2.45, 2.75) is 63.5 Å². The van der Waals surface area contributed by atoms with Crippen LogP contribution in [0.25, 0.3) is 22.3 Å². The number of anilines is 2. The molecule has 3 aromatic carbocycles. The average Bonchev–Trinajstić information content (AvgIpc) is 3.79. The zero-order valence-corrected chi connectivity index (χ0v) is 34.6. The molecule has 3 aliphatic heterocycles. The maximum absolute atomic E-state index is 13.3. The second-order valence-electron chi connectivity index (χ2n) is 15.7. The number of unbranched alkanes of at least 4 members (excludes halogenated alkanes) is 2. The molecular formula is C46H51N9O7. The summed E-state index contributed by atoms with van der Waals surface area (Å²) in [5, 5.41) is 11.1. The molecular weight excluding hydrogens is 791 g/mol. The highest BCUT2D eigenvalue weighted by Gasteiger charge is 2.45. The van der Waals surface area contributed by atoms with E-state index in [1.807, 2.05) is 59.3 Å². The van der Waals surface area contributed by atoms with Gasteiger partial charge in [-0.2, -0.15) is 5.10 Å². The number of imide groups is 1. The molecule has 16 heteroatoms. The smallest absolute Gasteiger partial charge is 0.264 e. The van der Waals surface area contributed by atoms with Crippen molar-refractivity contribution in [3.63, 3.8) is 0 Å². The van der Waals surface area contributed by atoms with Crippen LogP contribution in [0, 0.1) is 0 Å². The van der Waals surface area contributed by atoms with Crippen LogP contribution in [0.1, 0.15) is 78.1 Å². The fraction of sp³-hybridized carbons (Fsp3) is 0.370. The quantitative estimate of drug-likeness (QED) is 0.0676. The van der Waals surface area contributed by atoms with Crippen LogP contribution in [0.15, 0.2) is 91.4 Å². The maximum atomic E-state index is 13.3. The number of rotatable bonds is 18. The first-order valence-corrected chi connectivity index (χ1v) is 21.2. The van der Waals surface area contributed by atoms with Gasteiger partial charge in [0, 0.05) is 44.2 Å². The van der Waals surface area contributed by atoms with Gasteiger partial charge in [-0.1, -0.05) is 30.8 Å². The summed E-state index contributed by atoms with van der Waals surface area (Å²) < 4.78 is 19.5. The number of hydrogen-bond acceptors (Lipinski definition) is 12. The lowest BCUT2D eigenvalue weighted by Crippen LogP contribution is -2.51. The summed E-state index contributed by atoms with van der Waals surface area (Å²) >= 11 is 0. The first-order valence-electron chi connectivity index (χ1n) is 21.2. The predicted molar refractivity (Wildman–Crippen MR) is 232 cm³/mol. The zero-order valence-electron chi connectivity index (χ0n) is 34.6. The van der Waals surface area contributed by atoms with E-state index in [1.165, 1.54) is 12.4 Å². The van der Waals surface area contributed by atoms with Crippen LogP contribution in [0.5, 0.6) is 11.5 Å². The number of para-hydroxylation sites is 1. The number of allylic oxidation sites excluding steroid dienone is 1. The highest BCUT2D eigenvalue weighted by atomic mass is 16.5. The largest absolute Gasteiger partial charge is 0.457 e. The third-order valence-electron chi connectivity index (χ3n) is 11.5. The number of amides is 4. The first-order chi connectivity index (χ1) is 30.2. The van der Waals surface area contributed by atoms with E-state index in [9.17, 15) is 19.2 Å². The number of ether oxygens (including phenoxy) is 3. The van der Waals surface area contributed by atoms with Crippen molar-refractivity contribution in [3.05, 3.63) is 103 Å². The SMILES string of the molecule is C=C1CCC(N2C(=O)c3cccc(NC(=O)COCCCCOCCCCN4CCC(n5nc(-c6ccc(Oc7ccccc7)cc6)c6c(N)ncnc65)CC4)c3C2=O)C(=O)N1. The van der Waals surface area contributed by atoms with E-state index in [2.05, 4.69) is 32.1 Å². The van der Waals surface area contributed by atoms with Gasteiger partial charge in [-0.3, -0.25) is 24.1 Å². The van der Waals surface area contributed by atoms with E-state index in [4.69, 9.17) is 25.0 Å². The monoisotopic (exact) mass is 841 g/mol. The highest BCUT2D eigenvalue weighted by Crippen LogP contribution is 2.36. The van der Waals surface area contributed by atoms with E-state index in [1.54, 1.807) is 12.1 Å². The molecule has 2 fully saturated rings. The molecule has 4 N–H and O–H groups in total. The lowest BCUT2D eigenvalue weighted by atomic mass is 10.0. The van der Waals surface area contributed by atoms with Crippen molar-refractivity contribution < 1.29 is 33.4 Å². The Hall–Kier alpha value is -6.49. The minimum atomic E-state index is -0.930. The number of piperidine rings is 2. The van der Waals surface area contributed by atoms with Gasteiger partial charge in [-0.05, 0) is 106 Å². The second-order valence-corrected chi connectivity index (χ2v) is 15.7. The molecule has 8 rings (SSSR count). The Labute approximate surface area is 359 Å². The Balaban J connectivity index is 0.702. The summed E-state index contributed by atoms with van der Waals surface area (Å²) in [5.41, 5.74) is 9.83. The molecule has 0 bridgehead atoms. The van der Waals surface area contributed by atoms with Crippen molar-refractivity contribution in [1.29, 1.82) is 0 Å². The molecule has 2 saturated heterocycles. The van der Waals surface area contributed by atoms with Crippen LogP contribution >= 0.6 is 0 Å². The van der Waals surface area contributed by atoms with Gasteiger partial charge in [-0.25, -0.2) is 14.6 Å². The van der Waals surface area contributed by atoms with Crippen LogP contribution in [0.2, 0.25) is 0 Å². The molecule has 0 radical (unpaired) electrons. The van der Waals surface area contributed by atoms with Gasteiger partial charge < -0.3 is 35.5 Å². The van der Waals surface area contributed by atoms with Crippen LogP contribution in [0.4, 0.5) is 11.5 Å². The predicted octanol–water partition coefficient (Wildman–Crippen LogP) is 6.13. The summed E-state index contributed by atoms with van der Waals surface area (Å²) in [7, 11) is 0. The molecule has 2 aromatic heterocycles. The lowest BCUT2D eigenvalue weighted by Gasteiger charge is -2.32. The van der Waals surface area contributed by atoms with Gasteiger partial charge in [0.1, 0.15) is 42.0 Å². The Bertz CT molecular complexity index is 2430. The molecule has 5 aromatic rings. The van der Waals surface area contributed by atoms with Crippen molar-refractivity contribution in [2.75, 3.05) is 57.1 Å². The van der Waals surface area contributed by atoms with E-state index in [-0.39, 0.29) is 29.5 Å². The number of nitrogens with one attached hydrogen (secondary N) is 2. The summed E-state index contributed by atoms with van der Waals surface area (Å²) in [6.07, 6.45) is 7.70. The summed E-state index contributed by atoms with van der Waals surface area (Å²) in [4.78, 5) is 64.0. The van der Waals surface area contributed by atoms with Gasteiger partial charge in [0.15, 0.2) is 5.65 Å². The molecule has 4 amide bonds. The average molecular weight is 842 g/mol. The Kier molecular flexibility index (Phi) is 13.3. The number of carbonyl (C=O) groups is 4. The number of benzene rings is 3. The summed E-state index contributed by atoms with van der Waals surface area (Å²) in [5.74, 6) is -0.136. The number of nitrogens with zero attached hydrogens (tertiary/aromatic N) is 6. The summed E-state index contributed by atoms with van der Waals surface area (Å²) in [6.45, 7) is 8.15. The van der Waals surface area contributed by atoms with Crippen molar-refractivity contribution in [1.82, 2.24) is 34.9 Å². The number of nitrogen functional groups attached to an aromatic ring is 1. The van der Waals surface area contributed by atoms with E-state index >= 15 is 0 Å². The molecule has 0 saturated carbocycles. The molecule has 16 nitrogen and oxygen atoms in total. The van der Waals surface area contributed by atoms with E-state index in [0.29, 0.717) is 44.2 Å². The summed E-state index contributed by atoms with van der Waals surface area (Å²) in [6, 6.07) is 21.5. The molecule has 0 spiro atoms. The van der Waals surface area contributed by atoms with Gasteiger partial charge in [0.25, 0.3) is 11.8 Å². The third-order valence-corrected chi connectivity index (χ3v) is 11.5. The molecule has 322 valence electrons. The second kappa shape index (κ2) is 19.5. The number of fused-ring (bicyclic) bond motifs is 2. The molecule has 62 heavy (non-hydrogen) atoms. The Morgan fingerprint density at radius 2 is 1.56 bits per heavy atom. The standard InChI is InChI=1S/C46H51N9O7/c1-30-14-19-37(44(57)50-30)54-45(58)35-12-9-13-36(39(35)46(54)59)51-38(56)28-61-27-8-7-26-60-25-6-5-22-53-23-20-32(21-24-53)55-43-40(42(47)48-29-49-43)41(52-55)31-15-17-34(18-16-31)62-33-10-3-2-4-11-33/h2-4,9-13,15-18,29,32,37H,1,5-8,14,19-28H2,(H,50,57)(H,51,56)(H2,47,48,49). The van der Waals surface area contributed by atoms with Crippen LogP contribution < -0.4 is 21.1 Å². The minimum Gasteiger partial charge on any atom is -0.457 e. The zero-order chi connectivity index (χ0) is 43.0. The number of carbonyl (C=O) groups excluding carboxylic acids is 4. The van der Waals surface area contributed by atoms with Crippen molar-refractivity contribution in [3.8, 4) is 22.8 Å². The molecule has 0 aliphatic carbocycles. The first kappa shape index (κ1) is 42.2. The van der Waals surface area contributed by atoms with E-state index in [0.717, 1.165) is 96.8 Å². The third kappa shape index (κ3) is 9.52. The highest BCUT2D eigenvalue weighted by molar-refractivity contribution is 6.25. The normalized spacial score (nSPS) is 17.1. The number of likely N-dealkylation sites (tertiary alicyclic amines) is 1. The Morgan fingerprint density at radius 3 is 2.32 bits per heavy atom. The number of aromatic nitrogens is 4. The van der Waals surface area contributed by atoms with Crippen LogP contribution in [-0.2, 0) is 19.1 Å². The topological polar surface area (TPSA) is 196 Å². The fourth-order valence-electron chi connectivity index (χ4n) is 8.25. The van der Waals surface area contributed by atoms with Crippen LogP contribution in [-0.4, -0.2) is 105 Å². The maximum Gasteiger partial charge on any atom is 0.264 e. The van der Waals surface area contributed by atoms with Crippen LogP contribution in [0.3, 0.4) is 0 Å². The molecule has 3 aliphatic rings. The number of hydrogen-bond donors (Lipinski definition) is 3. The fourth-order valence-corrected chi connectivity index (χ4v) is 8.25. The van der Waals surface area contributed by atoms with Gasteiger partial charge in [0.05, 0.1) is 28.2 Å². The minimum absolute atomic E-state index is 0.0785. The van der Waals surface area contributed by atoms with Crippen molar-refractivity contribution in [2.24, 2.45) is 0 Å². The molecule has 1 unspecified atom stereocenters. The van der Waals surface area contributed by atoms with Gasteiger partial charge >= 0.3 is 0 Å². The van der Waals surface area contributed by atoms with Gasteiger partial charge in [0.2, 0.25) is 11.8 Å². The number of nitrogens with two attached hydrogens (primary N) is 1. The van der Waals surface area contributed by atoms with Crippen molar-refractivity contribution >= 4 is 46.2 Å². The molecule has 1 atom stereocenters. The molecule has 5 heterocycles. The van der Waals surface area contributed by atoms with Gasteiger partial charge in [-0.15, -0.1) is 0 Å². The Morgan fingerprint density at radius 1 is 0.839 bits per heavy atom. The lowest BCUT2D eigenvalue weighted by molar-refractivity contribution is -0.125.